The number of likely N-dealkylation sites (N-methyl/N-ethyl adjacent to an activating group) is 1. The van der Waals surface area contributed by atoms with Crippen LogP contribution in [0, 0.1) is 0 Å². The molecule has 1 N–H and O–H groups in total. The van der Waals surface area contributed by atoms with Crippen LogP contribution >= 0.6 is 0 Å². The van der Waals surface area contributed by atoms with Gasteiger partial charge in [-0.05, 0) is 52.8 Å². The fourth-order valence-electron chi connectivity index (χ4n) is 2.10. The molecule has 1 unspecified atom stereocenters. The monoisotopic (exact) mass is 263 g/mol. The van der Waals surface area contributed by atoms with Crippen LogP contribution in [0.25, 0.3) is 0 Å². The SMILES string of the molecule is CC(C)Oc1cccnc1NCC(C)N(C)C1CC1. The molecule has 106 valence electrons. The number of ether oxygens (including phenoxy) is 1. The van der Waals surface area contributed by atoms with Crippen molar-refractivity contribution in [2.75, 3.05) is 18.9 Å². The Morgan fingerprint density at radius 3 is 2.79 bits per heavy atom. The maximum atomic E-state index is 5.76. The molecule has 0 bridgehead atoms. The zero-order chi connectivity index (χ0) is 13.8. The van der Waals surface area contributed by atoms with Gasteiger partial charge in [0.2, 0.25) is 0 Å². The van der Waals surface area contributed by atoms with Crippen molar-refractivity contribution in [1.29, 1.82) is 0 Å². The van der Waals surface area contributed by atoms with Gasteiger partial charge >= 0.3 is 0 Å². The zero-order valence-corrected chi connectivity index (χ0v) is 12.4. The van der Waals surface area contributed by atoms with Crippen molar-refractivity contribution in [2.24, 2.45) is 0 Å². The molecular weight excluding hydrogens is 238 g/mol. The number of hydrogen-bond donors (Lipinski definition) is 1. The van der Waals surface area contributed by atoms with Crippen LogP contribution < -0.4 is 10.1 Å². The summed E-state index contributed by atoms with van der Waals surface area (Å²) in [6, 6.07) is 5.15. The van der Waals surface area contributed by atoms with E-state index in [1.165, 1.54) is 12.8 Å². The van der Waals surface area contributed by atoms with E-state index in [1.54, 1.807) is 6.20 Å². The summed E-state index contributed by atoms with van der Waals surface area (Å²) in [6.07, 6.45) is 4.64. The highest BCUT2D eigenvalue weighted by Crippen LogP contribution is 2.27. The van der Waals surface area contributed by atoms with Gasteiger partial charge in [0.15, 0.2) is 11.6 Å². The minimum atomic E-state index is 0.163. The first-order valence-corrected chi connectivity index (χ1v) is 7.15. The summed E-state index contributed by atoms with van der Waals surface area (Å²) in [4.78, 5) is 6.81. The lowest BCUT2D eigenvalue weighted by Crippen LogP contribution is -2.36. The van der Waals surface area contributed by atoms with Gasteiger partial charge in [0, 0.05) is 24.8 Å². The lowest BCUT2D eigenvalue weighted by Gasteiger charge is -2.25. The Morgan fingerprint density at radius 2 is 2.16 bits per heavy atom. The van der Waals surface area contributed by atoms with Crippen LogP contribution in [0.15, 0.2) is 18.3 Å². The summed E-state index contributed by atoms with van der Waals surface area (Å²) < 4.78 is 5.76. The van der Waals surface area contributed by atoms with Gasteiger partial charge in [-0.15, -0.1) is 0 Å². The first kappa shape index (κ1) is 14.1. The number of nitrogens with zero attached hydrogens (tertiary/aromatic N) is 2. The third-order valence-corrected chi connectivity index (χ3v) is 3.52. The molecule has 4 nitrogen and oxygen atoms in total. The van der Waals surface area contributed by atoms with E-state index < -0.39 is 0 Å². The minimum absolute atomic E-state index is 0.163. The smallest absolute Gasteiger partial charge is 0.168 e. The van der Waals surface area contributed by atoms with Gasteiger partial charge in [-0.1, -0.05) is 0 Å². The van der Waals surface area contributed by atoms with Gasteiger partial charge in [-0.25, -0.2) is 4.98 Å². The standard InChI is InChI=1S/C15H25N3O/c1-11(2)19-14-6-5-9-16-15(14)17-10-12(3)18(4)13-7-8-13/h5-6,9,11-13H,7-8,10H2,1-4H3,(H,16,17). The Balaban J connectivity index is 1.91. The molecule has 1 aromatic rings. The molecule has 0 radical (unpaired) electrons. The molecule has 1 heterocycles. The molecule has 1 atom stereocenters. The molecule has 0 aliphatic heterocycles. The summed E-state index contributed by atoms with van der Waals surface area (Å²) in [5.74, 6) is 1.67. The molecule has 0 saturated heterocycles. The van der Waals surface area contributed by atoms with E-state index in [9.17, 15) is 0 Å². The average molecular weight is 263 g/mol. The summed E-state index contributed by atoms with van der Waals surface area (Å²) in [6.45, 7) is 7.19. The van der Waals surface area contributed by atoms with E-state index in [0.717, 1.165) is 24.2 Å². The van der Waals surface area contributed by atoms with Crippen LogP contribution in [-0.2, 0) is 0 Å². The van der Waals surface area contributed by atoms with Gasteiger partial charge < -0.3 is 10.1 Å². The van der Waals surface area contributed by atoms with E-state index in [-0.39, 0.29) is 6.10 Å². The van der Waals surface area contributed by atoms with Gasteiger partial charge in [0.25, 0.3) is 0 Å². The van der Waals surface area contributed by atoms with Crippen LogP contribution in [-0.4, -0.2) is 41.7 Å². The van der Waals surface area contributed by atoms with Gasteiger partial charge in [-0.3, -0.25) is 4.90 Å². The highest BCUT2D eigenvalue weighted by atomic mass is 16.5. The lowest BCUT2D eigenvalue weighted by molar-refractivity contribution is 0.241. The predicted octanol–water partition coefficient (Wildman–Crippen LogP) is 2.76. The molecule has 2 rings (SSSR count). The summed E-state index contributed by atoms with van der Waals surface area (Å²) in [5.41, 5.74) is 0. The normalized spacial score (nSPS) is 16.7. The largest absolute Gasteiger partial charge is 0.487 e. The quantitative estimate of drug-likeness (QED) is 0.821. The maximum Gasteiger partial charge on any atom is 0.168 e. The summed E-state index contributed by atoms with van der Waals surface area (Å²) in [7, 11) is 2.20. The molecule has 0 amide bonds. The Bertz CT molecular complexity index is 404. The van der Waals surface area contributed by atoms with Crippen LogP contribution in [0.1, 0.15) is 33.6 Å². The third kappa shape index (κ3) is 4.10. The number of pyridine rings is 1. The van der Waals surface area contributed by atoms with Gasteiger partial charge in [-0.2, -0.15) is 0 Å². The number of rotatable bonds is 7. The number of hydrogen-bond acceptors (Lipinski definition) is 4. The molecule has 1 fully saturated rings. The molecule has 1 saturated carbocycles. The molecule has 4 heteroatoms. The zero-order valence-electron chi connectivity index (χ0n) is 12.4. The highest BCUT2D eigenvalue weighted by molar-refractivity contribution is 5.49. The third-order valence-electron chi connectivity index (χ3n) is 3.52. The molecular formula is C15H25N3O. The second-order valence-electron chi connectivity index (χ2n) is 5.64. The van der Waals surface area contributed by atoms with E-state index in [4.69, 9.17) is 4.74 Å². The van der Waals surface area contributed by atoms with Crippen LogP contribution in [0.5, 0.6) is 5.75 Å². The van der Waals surface area contributed by atoms with Crippen LogP contribution in [0.4, 0.5) is 5.82 Å². The first-order chi connectivity index (χ1) is 9.08. The van der Waals surface area contributed by atoms with E-state index in [2.05, 4.69) is 29.2 Å². The van der Waals surface area contributed by atoms with Crippen molar-refractivity contribution < 1.29 is 4.74 Å². The van der Waals surface area contributed by atoms with Crippen molar-refractivity contribution in [1.82, 2.24) is 9.88 Å². The van der Waals surface area contributed by atoms with Gasteiger partial charge in [0.1, 0.15) is 0 Å². The first-order valence-electron chi connectivity index (χ1n) is 7.15. The number of nitrogens with one attached hydrogen (secondary N) is 1. The highest BCUT2D eigenvalue weighted by Gasteiger charge is 2.29. The Hall–Kier alpha value is -1.29. The summed E-state index contributed by atoms with van der Waals surface area (Å²) in [5, 5.41) is 3.40. The topological polar surface area (TPSA) is 37.4 Å². The number of aromatic nitrogens is 1. The minimum Gasteiger partial charge on any atom is -0.487 e. The van der Waals surface area contributed by atoms with Crippen molar-refractivity contribution in [3.05, 3.63) is 18.3 Å². The lowest BCUT2D eigenvalue weighted by atomic mass is 10.3. The average Bonchev–Trinajstić information content (AvgIpc) is 3.20. The fraction of sp³-hybridized carbons (Fsp3) is 0.667. The van der Waals surface area contributed by atoms with Crippen LogP contribution in [0.2, 0.25) is 0 Å². The molecule has 19 heavy (non-hydrogen) atoms. The molecule has 0 spiro atoms. The maximum absolute atomic E-state index is 5.76. The predicted molar refractivity (Wildman–Crippen MR) is 78.7 cm³/mol. The number of anilines is 1. The Morgan fingerprint density at radius 1 is 1.42 bits per heavy atom. The van der Waals surface area contributed by atoms with E-state index in [1.807, 2.05) is 26.0 Å². The van der Waals surface area contributed by atoms with Crippen molar-refractivity contribution in [2.45, 2.75) is 51.8 Å². The van der Waals surface area contributed by atoms with Crippen molar-refractivity contribution in [3.8, 4) is 5.75 Å². The molecule has 1 aliphatic rings. The second kappa shape index (κ2) is 6.24. The fourth-order valence-corrected chi connectivity index (χ4v) is 2.10. The van der Waals surface area contributed by atoms with E-state index in [0.29, 0.717) is 6.04 Å². The van der Waals surface area contributed by atoms with Crippen molar-refractivity contribution >= 4 is 5.82 Å². The Kier molecular flexibility index (Phi) is 4.64. The van der Waals surface area contributed by atoms with Crippen LogP contribution in [0.3, 0.4) is 0 Å². The van der Waals surface area contributed by atoms with Gasteiger partial charge in [0.05, 0.1) is 6.10 Å². The summed E-state index contributed by atoms with van der Waals surface area (Å²) >= 11 is 0. The molecule has 1 aliphatic carbocycles. The molecule has 0 aromatic carbocycles. The second-order valence-corrected chi connectivity index (χ2v) is 5.64. The van der Waals surface area contributed by atoms with Crippen molar-refractivity contribution in [3.63, 3.8) is 0 Å². The Labute approximate surface area is 116 Å². The van der Waals surface area contributed by atoms with E-state index >= 15 is 0 Å². The molecule has 1 aromatic heterocycles.